The quantitative estimate of drug-likeness (QED) is 0.834. The summed E-state index contributed by atoms with van der Waals surface area (Å²) < 4.78 is 5.42. The number of nitrogens with two attached hydrogens (primary N) is 1. The summed E-state index contributed by atoms with van der Waals surface area (Å²) >= 11 is 0. The van der Waals surface area contributed by atoms with E-state index in [1.165, 1.54) is 0 Å². The Morgan fingerprint density at radius 1 is 1.50 bits per heavy atom. The maximum atomic E-state index is 5.87. The second-order valence-electron chi connectivity index (χ2n) is 4.16. The molecule has 3 N–H and O–H groups in total. The molecule has 86 valence electrons. The van der Waals surface area contributed by atoms with Gasteiger partial charge in [0.25, 0.3) is 0 Å². The van der Waals surface area contributed by atoms with Crippen LogP contribution in [0.1, 0.15) is 38.0 Å². The van der Waals surface area contributed by atoms with E-state index in [4.69, 9.17) is 10.2 Å². The van der Waals surface area contributed by atoms with Crippen LogP contribution in [-0.2, 0) is 6.42 Å². The number of H-pyrrole nitrogens is 1. The molecule has 0 fully saturated rings. The van der Waals surface area contributed by atoms with Gasteiger partial charge in [-0.15, -0.1) is 0 Å². The molecule has 0 aliphatic rings. The average Bonchev–Trinajstić information content (AvgIpc) is 2.82. The fourth-order valence-electron chi connectivity index (χ4n) is 1.99. The van der Waals surface area contributed by atoms with Crippen molar-refractivity contribution in [1.82, 2.24) is 10.2 Å². The van der Waals surface area contributed by atoms with Gasteiger partial charge in [-0.3, -0.25) is 5.10 Å². The molecule has 2 heterocycles. The molecule has 4 heteroatoms. The Hall–Kier alpha value is -1.71. The topological polar surface area (TPSA) is 67.8 Å². The molecule has 4 nitrogen and oxygen atoms in total. The number of nitrogens with zero attached hydrogens (tertiary/aromatic N) is 1. The molecule has 0 spiro atoms. The fraction of sp³-hybridized carbons (Fsp3) is 0.417. The average molecular weight is 219 g/mol. The van der Waals surface area contributed by atoms with Gasteiger partial charge >= 0.3 is 0 Å². The van der Waals surface area contributed by atoms with Crippen molar-refractivity contribution in [2.24, 2.45) is 0 Å². The lowest BCUT2D eigenvalue weighted by atomic mass is 9.98. The van der Waals surface area contributed by atoms with Crippen LogP contribution < -0.4 is 5.73 Å². The zero-order chi connectivity index (χ0) is 11.7. The third kappa shape index (κ3) is 1.60. The number of aryl methyl sites for hydroxylation is 1. The summed E-state index contributed by atoms with van der Waals surface area (Å²) in [6, 6.07) is 1.96. The van der Waals surface area contributed by atoms with Gasteiger partial charge in [0, 0.05) is 17.5 Å². The number of hydrogen-bond acceptors (Lipinski definition) is 3. The SMILES string of the molecule is CCc1occc1-c1[nH]nc(N)c1C(C)C. The molecule has 0 radical (unpaired) electrons. The van der Waals surface area contributed by atoms with E-state index in [0.717, 1.165) is 29.0 Å². The Labute approximate surface area is 94.8 Å². The molecule has 2 rings (SSSR count). The minimum absolute atomic E-state index is 0.341. The van der Waals surface area contributed by atoms with Gasteiger partial charge in [0.15, 0.2) is 0 Å². The van der Waals surface area contributed by atoms with Crippen LogP contribution in [0.15, 0.2) is 16.7 Å². The molecule has 0 aliphatic heterocycles. The molecular formula is C12H17N3O. The van der Waals surface area contributed by atoms with Gasteiger partial charge in [-0.2, -0.15) is 5.10 Å². The zero-order valence-electron chi connectivity index (χ0n) is 9.87. The summed E-state index contributed by atoms with van der Waals surface area (Å²) in [6.07, 6.45) is 2.56. The van der Waals surface area contributed by atoms with Crippen molar-refractivity contribution in [3.05, 3.63) is 23.7 Å². The van der Waals surface area contributed by atoms with E-state index in [1.54, 1.807) is 6.26 Å². The van der Waals surface area contributed by atoms with Crippen molar-refractivity contribution >= 4 is 5.82 Å². The number of aromatic nitrogens is 2. The summed E-state index contributed by atoms with van der Waals surface area (Å²) in [7, 11) is 0. The number of nitrogens with one attached hydrogen (secondary N) is 1. The highest BCUT2D eigenvalue weighted by Crippen LogP contribution is 2.33. The molecule has 0 bridgehead atoms. The smallest absolute Gasteiger partial charge is 0.149 e. The van der Waals surface area contributed by atoms with Crippen LogP contribution in [0.5, 0.6) is 0 Å². The molecule has 2 aromatic heterocycles. The Balaban J connectivity index is 2.56. The van der Waals surface area contributed by atoms with E-state index < -0.39 is 0 Å². The van der Waals surface area contributed by atoms with Crippen LogP contribution in [0.25, 0.3) is 11.3 Å². The molecule has 0 saturated heterocycles. The summed E-state index contributed by atoms with van der Waals surface area (Å²) in [5, 5.41) is 7.08. The van der Waals surface area contributed by atoms with Gasteiger partial charge < -0.3 is 10.2 Å². The third-order valence-electron chi connectivity index (χ3n) is 2.75. The van der Waals surface area contributed by atoms with Gasteiger partial charge in [-0.05, 0) is 12.0 Å². The minimum atomic E-state index is 0.341. The van der Waals surface area contributed by atoms with E-state index in [-0.39, 0.29) is 0 Å². The summed E-state index contributed by atoms with van der Waals surface area (Å²) in [4.78, 5) is 0. The predicted molar refractivity (Wildman–Crippen MR) is 64.2 cm³/mol. The maximum absolute atomic E-state index is 5.87. The van der Waals surface area contributed by atoms with Crippen molar-refractivity contribution in [3.8, 4) is 11.3 Å². The molecular weight excluding hydrogens is 202 g/mol. The first-order chi connectivity index (χ1) is 7.65. The Morgan fingerprint density at radius 3 is 2.88 bits per heavy atom. The van der Waals surface area contributed by atoms with Gasteiger partial charge in [0.1, 0.15) is 11.6 Å². The van der Waals surface area contributed by atoms with Gasteiger partial charge in [0.05, 0.1) is 12.0 Å². The van der Waals surface area contributed by atoms with Gasteiger partial charge in [-0.1, -0.05) is 20.8 Å². The van der Waals surface area contributed by atoms with Crippen LogP contribution in [0.3, 0.4) is 0 Å². The number of hydrogen-bond donors (Lipinski definition) is 2. The number of nitrogen functional groups attached to an aromatic ring is 1. The monoisotopic (exact) mass is 219 g/mol. The van der Waals surface area contributed by atoms with E-state index >= 15 is 0 Å². The van der Waals surface area contributed by atoms with E-state index in [0.29, 0.717) is 11.7 Å². The van der Waals surface area contributed by atoms with Crippen LogP contribution in [0.2, 0.25) is 0 Å². The zero-order valence-corrected chi connectivity index (χ0v) is 9.87. The second-order valence-corrected chi connectivity index (χ2v) is 4.16. The molecule has 0 saturated carbocycles. The number of rotatable bonds is 3. The van der Waals surface area contributed by atoms with Crippen LogP contribution in [0.4, 0.5) is 5.82 Å². The van der Waals surface area contributed by atoms with Crippen LogP contribution in [0, 0.1) is 0 Å². The van der Waals surface area contributed by atoms with Crippen molar-refractivity contribution in [1.29, 1.82) is 0 Å². The Morgan fingerprint density at radius 2 is 2.25 bits per heavy atom. The summed E-state index contributed by atoms with van der Waals surface area (Å²) in [6.45, 7) is 6.28. The largest absolute Gasteiger partial charge is 0.469 e. The lowest BCUT2D eigenvalue weighted by molar-refractivity contribution is 0.517. The molecule has 0 amide bonds. The standard InChI is InChI=1S/C12H17N3O/c1-4-9-8(5-6-16-9)11-10(7(2)3)12(13)15-14-11/h5-7H,4H2,1-3H3,(H3,13,14,15). The molecule has 2 aromatic rings. The maximum Gasteiger partial charge on any atom is 0.149 e. The minimum Gasteiger partial charge on any atom is -0.469 e. The molecule has 0 aromatic carbocycles. The summed E-state index contributed by atoms with van der Waals surface area (Å²) in [5.74, 6) is 1.88. The van der Waals surface area contributed by atoms with E-state index in [2.05, 4.69) is 31.0 Å². The number of aromatic amines is 1. The Kier molecular flexibility index (Phi) is 2.73. The highest BCUT2D eigenvalue weighted by Gasteiger charge is 2.18. The normalized spacial score (nSPS) is 11.2. The van der Waals surface area contributed by atoms with Crippen molar-refractivity contribution in [2.45, 2.75) is 33.1 Å². The van der Waals surface area contributed by atoms with Crippen molar-refractivity contribution in [3.63, 3.8) is 0 Å². The van der Waals surface area contributed by atoms with Crippen molar-refractivity contribution < 1.29 is 4.42 Å². The lowest BCUT2D eigenvalue weighted by Gasteiger charge is -2.06. The predicted octanol–water partition coefficient (Wildman–Crippen LogP) is 2.94. The highest BCUT2D eigenvalue weighted by molar-refractivity contribution is 5.70. The first kappa shape index (κ1) is 10.8. The third-order valence-corrected chi connectivity index (χ3v) is 2.75. The first-order valence-corrected chi connectivity index (χ1v) is 5.55. The summed E-state index contributed by atoms with van der Waals surface area (Å²) in [5.41, 5.74) is 8.98. The number of furan rings is 1. The first-order valence-electron chi connectivity index (χ1n) is 5.55. The van der Waals surface area contributed by atoms with E-state index in [9.17, 15) is 0 Å². The molecule has 16 heavy (non-hydrogen) atoms. The second kappa shape index (κ2) is 4.04. The van der Waals surface area contributed by atoms with E-state index in [1.807, 2.05) is 6.07 Å². The molecule has 0 unspecified atom stereocenters. The lowest BCUT2D eigenvalue weighted by Crippen LogP contribution is -1.95. The van der Waals surface area contributed by atoms with Crippen LogP contribution in [-0.4, -0.2) is 10.2 Å². The van der Waals surface area contributed by atoms with Crippen molar-refractivity contribution in [2.75, 3.05) is 5.73 Å². The molecule has 0 aliphatic carbocycles. The van der Waals surface area contributed by atoms with Gasteiger partial charge in [0.2, 0.25) is 0 Å². The molecule has 0 atom stereocenters. The van der Waals surface area contributed by atoms with Crippen LogP contribution >= 0.6 is 0 Å². The van der Waals surface area contributed by atoms with Gasteiger partial charge in [-0.25, -0.2) is 0 Å². The fourth-order valence-corrected chi connectivity index (χ4v) is 1.99. The number of anilines is 1. The highest BCUT2D eigenvalue weighted by atomic mass is 16.3. The Bertz CT molecular complexity index is 482.